The van der Waals surface area contributed by atoms with E-state index in [0.29, 0.717) is 18.8 Å². The largest absolute Gasteiger partial charge is 0.355 e. The molecule has 0 aliphatic heterocycles. The SMILES string of the molecule is Cc1nn(-c2ccccc2)cc1CCCNC(=O)CSc1nnc(C)n1Cc1ccccc1. The first-order valence-electron chi connectivity index (χ1n) is 11.0. The molecule has 0 unspecified atom stereocenters. The van der Waals surface area contributed by atoms with Crippen molar-refractivity contribution in [3.8, 4) is 5.69 Å². The Bertz CT molecular complexity index is 1190. The molecular formula is C25H28N6OS. The number of thioether (sulfide) groups is 1. The number of benzene rings is 2. The zero-order chi connectivity index (χ0) is 23.0. The number of hydrogen-bond donors (Lipinski definition) is 1. The van der Waals surface area contributed by atoms with E-state index in [4.69, 9.17) is 0 Å². The molecule has 2 aromatic carbocycles. The fourth-order valence-electron chi connectivity index (χ4n) is 3.56. The summed E-state index contributed by atoms with van der Waals surface area (Å²) in [4.78, 5) is 12.4. The number of nitrogens with one attached hydrogen (secondary N) is 1. The maximum atomic E-state index is 12.4. The Morgan fingerprint density at radius 1 is 1.00 bits per heavy atom. The predicted molar refractivity (Wildman–Crippen MR) is 131 cm³/mol. The summed E-state index contributed by atoms with van der Waals surface area (Å²) < 4.78 is 3.95. The van der Waals surface area contributed by atoms with Gasteiger partial charge in [0.15, 0.2) is 5.16 Å². The second kappa shape index (κ2) is 11.0. The van der Waals surface area contributed by atoms with Gasteiger partial charge in [0.1, 0.15) is 5.82 Å². The van der Waals surface area contributed by atoms with Crippen molar-refractivity contribution in [2.24, 2.45) is 0 Å². The zero-order valence-corrected chi connectivity index (χ0v) is 19.8. The Balaban J connectivity index is 1.22. The van der Waals surface area contributed by atoms with Crippen LogP contribution >= 0.6 is 11.8 Å². The highest BCUT2D eigenvalue weighted by atomic mass is 32.2. The van der Waals surface area contributed by atoms with Gasteiger partial charge in [0.2, 0.25) is 5.91 Å². The Morgan fingerprint density at radius 3 is 2.48 bits per heavy atom. The lowest BCUT2D eigenvalue weighted by atomic mass is 10.1. The summed E-state index contributed by atoms with van der Waals surface area (Å²) in [5.41, 5.74) is 4.45. The van der Waals surface area contributed by atoms with E-state index in [9.17, 15) is 4.79 Å². The Labute approximate surface area is 198 Å². The van der Waals surface area contributed by atoms with E-state index < -0.39 is 0 Å². The van der Waals surface area contributed by atoms with Gasteiger partial charge in [-0.15, -0.1) is 10.2 Å². The summed E-state index contributed by atoms with van der Waals surface area (Å²) in [7, 11) is 0. The molecule has 0 aliphatic rings. The van der Waals surface area contributed by atoms with E-state index >= 15 is 0 Å². The van der Waals surface area contributed by atoms with Crippen molar-refractivity contribution >= 4 is 17.7 Å². The molecule has 4 aromatic rings. The molecule has 0 spiro atoms. The normalized spacial score (nSPS) is 11.0. The van der Waals surface area contributed by atoms with Crippen molar-refractivity contribution in [3.63, 3.8) is 0 Å². The molecule has 0 atom stereocenters. The average molecular weight is 461 g/mol. The van der Waals surface area contributed by atoms with Gasteiger partial charge in [-0.2, -0.15) is 5.10 Å². The van der Waals surface area contributed by atoms with Gasteiger partial charge in [0.05, 0.1) is 23.7 Å². The van der Waals surface area contributed by atoms with Crippen molar-refractivity contribution in [1.82, 2.24) is 29.9 Å². The lowest BCUT2D eigenvalue weighted by Gasteiger charge is -2.09. The van der Waals surface area contributed by atoms with Crippen LogP contribution in [0.2, 0.25) is 0 Å². The van der Waals surface area contributed by atoms with Crippen LogP contribution in [0.1, 0.15) is 29.1 Å². The molecule has 0 saturated carbocycles. The van der Waals surface area contributed by atoms with Gasteiger partial charge < -0.3 is 9.88 Å². The van der Waals surface area contributed by atoms with Gasteiger partial charge >= 0.3 is 0 Å². The third kappa shape index (κ3) is 6.10. The summed E-state index contributed by atoms with van der Waals surface area (Å²) in [6, 6.07) is 20.3. The second-order valence-corrected chi connectivity index (χ2v) is 8.81. The van der Waals surface area contributed by atoms with Crippen molar-refractivity contribution in [1.29, 1.82) is 0 Å². The molecule has 1 amide bonds. The first-order chi connectivity index (χ1) is 16.1. The van der Waals surface area contributed by atoms with E-state index in [2.05, 4.69) is 38.9 Å². The number of aryl methyl sites for hydroxylation is 3. The number of amides is 1. The van der Waals surface area contributed by atoms with Crippen LogP contribution in [0, 0.1) is 13.8 Å². The van der Waals surface area contributed by atoms with E-state index in [1.165, 1.54) is 22.9 Å². The van der Waals surface area contributed by atoms with Crippen LogP contribution in [0.25, 0.3) is 5.69 Å². The molecule has 170 valence electrons. The number of para-hydroxylation sites is 1. The minimum atomic E-state index is 0.00335. The summed E-state index contributed by atoms with van der Waals surface area (Å²) >= 11 is 1.42. The van der Waals surface area contributed by atoms with Crippen molar-refractivity contribution < 1.29 is 4.79 Å². The van der Waals surface area contributed by atoms with Gasteiger partial charge in [-0.3, -0.25) is 4.79 Å². The van der Waals surface area contributed by atoms with Crippen LogP contribution in [-0.2, 0) is 17.8 Å². The summed E-state index contributed by atoms with van der Waals surface area (Å²) in [5.74, 6) is 1.16. The average Bonchev–Trinajstić information content (AvgIpc) is 3.38. The molecule has 2 heterocycles. The molecular weight excluding hydrogens is 432 g/mol. The number of rotatable bonds is 10. The van der Waals surface area contributed by atoms with E-state index in [0.717, 1.165) is 35.2 Å². The molecule has 2 aromatic heterocycles. The van der Waals surface area contributed by atoms with Crippen molar-refractivity contribution in [2.45, 2.75) is 38.4 Å². The lowest BCUT2D eigenvalue weighted by molar-refractivity contribution is -0.118. The highest BCUT2D eigenvalue weighted by Gasteiger charge is 2.12. The van der Waals surface area contributed by atoms with E-state index in [1.807, 2.05) is 71.6 Å². The molecule has 7 nitrogen and oxygen atoms in total. The van der Waals surface area contributed by atoms with Crippen LogP contribution in [0.5, 0.6) is 0 Å². The van der Waals surface area contributed by atoms with Gasteiger partial charge in [-0.1, -0.05) is 60.3 Å². The number of aromatic nitrogens is 5. The number of nitrogens with zero attached hydrogens (tertiary/aromatic N) is 5. The number of carbonyl (C=O) groups excluding carboxylic acids is 1. The van der Waals surface area contributed by atoms with Gasteiger partial charge in [-0.25, -0.2) is 4.68 Å². The van der Waals surface area contributed by atoms with Crippen LogP contribution < -0.4 is 5.32 Å². The topological polar surface area (TPSA) is 77.6 Å². The lowest BCUT2D eigenvalue weighted by Crippen LogP contribution is -2.26. The molecule has 0 fully saturated rings. The standard InChI is InChI=1S/C25H28N6OS/c1-19-22(17-31(29-19)23-13-7-4-8-14-23)12-9-15-26-24(32)18-33-25-28-27-20(2)30(25)16-21-10-5-3-6-11-21/h3-8,10-11,13-14,17H,9,12,15-16,18H2,1-2H3,(H,26,32). The van der Waals surface area contributed by atoms with Crippen molar-refractivity contribution in [3.05, 3.63) is 89.5 Å². The predicted octanol–water partition coefficient (Wildman–Crippen LogP) is 3.97. The Morgan fingerprint density at radius 2 is 1.73 bits per heavy atom. The molecule has 8 heteroatoms. The molecule has 4 rings (SSSR count). The monoisotopic (exact) mass is 460 g/mol. The molecule has 0 bridgehead atoms. The van der Waals surface area contributed by atoms with Crippen LogP contribution in [-0.4, -0.2) is 42.7 Å². The first kappa shape index (κ1) is 22.8. The van der Waals surface area contributed by atoms with Crippen LogP contribution in [0.3, 0.4) is 0 Å². The minimum Gasteiger partial charge on any atom is -0.355 e. The highest BCUT2D eigenvalue weighted by Crippen LogP contribution is 2.18. The minimum absolute atomic E-state index is 0.00335. The number of hydrogen-bond acceptors (Lipinski definition) is 5. The van der Waals surface area contributed by atoms with Gasteiger partial charge in [-0.05, 0) is 49.9 Å². The van der Waals surface area contributed by atoms with E-state index in [-0.39, 0.29) is 5.91 Å². The maximum Gasteiger partial charge on any atom is 0.230 e. The molecule has 33 heavy (non-hydrogen) atoms. The molecule has 0 aliphatic carbocycles. The van der Waals surface area contributed by atoms with Crippen LogP contribution in [0.15, 0.2) is 72.0 Å². The number of carbonyl (C=O) groups is 1. The summed E-state index contributed by atoms with van der Waals surface area (Å²) in [6.45, 7) is 5.28. The highest BCUT2D eigenvalue weighted by molar-refractivity contribution is 7.99. The van der Waals surface area contributed by atoms with Crippen molar-refractivity contribution in [2.75, 3.05) is 12.3 Å². The third-order valence-corrected chi connectivity index (χ3v) is 6.35. The Hall–Kier alpha value is -3.39. The molecule has 1 N–H and O–H groups in total. The second-order valence-electron chi connectivity index (χ2n) is 7.86. The molecule has 0 saturated heterocycles. The smallest absolute Gasteiger partial charge is 0.230 e. The zero-order valence-electron chi connectivity index (χ0n) is 18.9. The fraction of sp³-hybridized carbons (Fsp3) is 0.280. The summed E-state index contributed by atoms with van der Waals surface area (Å²) in [5, 5.41) is 16.8. The van der Waals surface area contributed by atoms with Gasteiger partial charge in [0, 0.05) is 12.7 Å². The van der Waals surface area contributed by atoms with E-state index in [1.54, 1.807) is 0 Å². The Kier molecular flexibility index (Phi) is 7.57. The fourth-order valence-corrected chi connectivity index (χ4v) is 4.37. The summed E-state index contributed by atoms with van der Waals surface area (Å²) in [6.07, 6.45) is 3.81. The van der Waals surface area contributed by atoms with Gasteiger partial charge in [0.25, 0.3) is 0 Å². The first-order valence-corrected chi connectivity index (χ1v) is 12.0. The van der Waals surface area contributed by atoms with Crippen LogP contribution in [0.4, 0.5) is 0 Å². The molecule has 0 radical (unpaired) electrons. The maximum absolute atomic E-state index is 12.4. The third-order valence-electron chi connectivity index (χ3n) is 5.38. The quantitative estimate of drug-likeness (QED) is 0.286.